The van der Waals surface area contributed by atoms with Gasteiger partial charge in [-0.25, -0.2) is 0 Å². The second kappa shape index (κ2) is 6.96. The van der Waals surface area contributed by atoms with Crippen molar-refractivity contribution in [2.75, 3.05) is 21.3 Å². The number of ether oxygens (including phenoxy) is 3. The Labute approximate surface area is 136 Å². The Morgan fingerprint density at radius 1 is 1.13 bits per heavy atom. The normalized spacial score (nSPS) is 20.8. The van der Waals surface area contributed by atoms with Crippen LogP contribution in [0.4, 0.5) is 0 Å². The smallest absolute Gasteiger partial charge is 0.323 e. The largest absolute Gasteiger partial charge is 0.468 e. The molecule has 124 valence electrons. The van der Waals surface area contributed by atoms with Crippen LogP contribution in [0, 0.1) is 11.3 Å². The molecule has 0 radical (unpaired) electrons. The van der Waals surface area contributed by atoms with Crippen molar-refractivity contribution in [3.63, 3.8) is 0 Å². The molecule has 0 heterocycles. The summed E-state index contributed by atoms with van der Waals surface area (Å²) in [5.74, 6) is -1.34. The summed E-state index contributed by atoms with van der Waals surface area (Å²) in [4.78, 5) is 24.5. The highest BCUT2D eigenvalue weighted by Gasteiger charge is 2.56. The van der Waals surface area contributed by atoms with Gasteiger partial charge in [0.2, 0.25) is 0 Å². The molecule has 0 bridgehead atoms. The summed E-state index contributed by atoms with van der Waals surface area (Å²) in [7, 11) is 4.16. The first kappa shape index (κ1) is 17.2. The molecule has 0 aliphatic heterocycles. The van der Waals surface area contributed by atoms with Gasteiger partial charge in [0.15, 0.2) is 5.41 Å². The number of rotatable bonds is 5. The number of carbonyl (C=O) groups is 2. The van der Waals surface area contributed by atoms with Crippen LogP contribution in [0.25, 0.3) is 0 Å². The highest BCUT2D eigenvalue weighted by molar-refractivity contribution is 6.01. The van der Waals surface area contributed by atoms with Gasteiger partial charge >= 0.3 is 11.9 Å². The first-order valence-electron chi connectivity index (χ1n) is 7.42. The predicted octanol–water partition coefficient (Wildman–Crippen LogP) is 2.67. The molecule has 1 aliphatic carbocycles. The van der Waals surface area contributed by atoms with Crippen LogP contribution in [0.2, 0.25) is 0 Å². The number of benzene rings is 1. The van der Waals surface area contributed by atoms with E-state index < -0.39 is 17.4 Å². The molecule has 23 heavy (non-hydrogen) atoms. The Bertz CT molecular complexity index is 577. The minimum absolute atomic E-state index is 0.166. The maximum absolute atomic E-state index is 12.3. The molecule has 1 aromatic rings. The number of hydrogen-bond acceptors (Lipinski definition) is 5. The second-order valence-corrected chi connectivity index (χ2v) is 5.78. The third kappa shape index (κ3) is 3.01. The number of hydrogen-bond donors (Lipinski definition) is 0. The highest BCUT2D eigenvalue weighted by Crippen LogP contribution is 2.51. The topological polar surface area (TPSA) is 61.8 Å². The lowest BCUT2D eigenvalue weighted by molar-refractivity contribution is -0.169. The van der Waals surface area contributed by atoms with E-state index in [4.69, 9.17) is 14.2 Å². The molecule has 5 nitrogen and oxygen atoms in total. The minimum Gasteiger partial charge on any atom is -0.468 e. The molecule has 2 unspecified atom stereocenters. The molecule has 1 fully saturated rings. The van der Waals surface area contributed by atoms with E-state index in [1.807, 2.05) is 30.3 Å². The lowest BCUT2D eigenvalue weighted by Gasteiger charge is -2.26. The molecule has 2 rings (SSSR count). The van der Waals surface area contributed by atoms with Gasteiger partial charge in [0.1, 0.15) is 0 Å². The van der Waals surface area contributed by atoms with E-state index in [9.17, 15) is 9.59 Å². The summed E-state index contributed by atoms with van der Waals surface area (Å²) < 4.78 is 15.4. The number of methoxy groups -OCH3 is 3. The zero-order valence-electron chi connectivity index (χ0n) is 13.7. The summed E-state index contributed by atoms with van der Waals surface area (Å²) in [5, 5.41) is 0. The van der Waals surface area contributed by atoms with Gasteiger partial charge in [-0.3, -0.25) is 9.59 Å². The molecule has 1 aliphatic rings. The average molecular weight is 318 g/mol. The Kier molecular flexibility index (Phi) is 5.21. The SMILES string of the molecule is C=C1CC(C(=O)OC)(C(=O)OC)CC1C(OC)c1ccccc1. The van der Waals surface area contributed by atoms with Crippen molar-refractivity contribution in [1.29, 1.82) is 0 Å². The van der Waals surface area contributed by atoms with Crippen LogP contribution >= 0.6 is 0 Å². The Balaban J connectivity index is 2.36. The highest BCUT2D eigenvalue weighted by atomic mass is 16.5. The molecular weight excluding hydrogens is 296 g/mol. The Hall–Kier alpha value is -2.14. The van der Waals surface area contributed by atoms with Crippen molar-refractivity contribution in [2.45, 2.75) is 18.9 Å². The lowest BCUT2D eigenvalue weighted by atomic mass is 9.83. The van der Waals surface area contributed by atoms with Crippen molar-refractivity contribution in [2.24, 2.45) is 11.3 Å². The van der Waals surface area contributed by atoms with Crippen LogP contribution in [-0.2, 0) is 23.8 Å². The van der Waals surface area contributed by atoms with Crippen LogP contribution in [0.15, 0.2) is 42.5 Å². The van der Waals surface area contributed by atoms with Crippen LogP contribution in [-0.4, -0.2) is 33.3 Å². The summed E-state index contributed by atoms with van der Waals surface area (Å²) in [6.07, 6.45) is 0.197. The monoisotopic (exact) mass is 318 g/mol. The fourth-order valence-electron chi connectivity index (χ4n) is 3.39. The molecule has 5 heteroatoms. The third-order valence-electron chi connectivity index (χ3n) is 4.52. The van der Waals surface area contributed by atoms with E-state index in [1.165, 1.54) is 14.2 Å². The summed E-state index contributed by atoms with van der Waals surface area (Å²) in [6, 6.07) is 9.68. The molecule has 1 aromatic carbocycles. The fourth-order valence-corrected chi connectivity index (χ4v) is 3.39. The lowest BCUT2D eigenvalue weighted by Crippen LogP contribution is -2.39. The zero-order chi connectivity index (χ0) is 17.0. The molecule has 1 saturated carbocycles. The summed E-state index contributed by atoms with van der Waals surface area (Å²) in [5.41, 5.74) is 0.430. The van der Waals surface area contributed by atoms with Crippen molar-refractivity contribution < 1.29 is 23.8 Å². The standard InChI is InChI=1S/C18H22O5/c1-12-10-18(16(19)22-3,17(20)23-4)11-14(12)15(21-2)13-8-6-5-7-9-13/h5-9,14-15H,1,10-11H2,2-4H3. The van der Waals surface area contributed by atoms with E-state index in [2.05, 4.69) is 6.58 Å². The van der Waals surface area contributed by atoms with Crippen LogP contribution < -0.4 is 0 Å². The summed E-state index contributed by atoms with van der Waals surface area (Å²) in [6.45, 7) is 4.06. The maximum atomic E-state index is 12.3. The van der Waals surface area contributed by atoms with Gasteiger partial charge in [0.05, 0.1) is 20.3 Å². The van der Waals surface area contributed by atoms with Crippen LogP contribution in [0.5, 0.6) is 0 Å². The van der Waals surface area contributed by atoms with Gasteiger partial charge in [0.25, 0.3) is 0 Å². The fraction of sp³-hybridized carbons (Fsp3) is 0.444. The summed E-state index contributed by atoms with van der Waals surface area (Å²) >= 11 is 0. The van der Waals surface area contributed by atoms with Gasteiger partial charge in [-0.1, -0.05) is 42.5 Å². The van der Waals surface area contributed by atoms with Gasteiger partial charge in [-0.2, -0.15) is 0 Å². The molecule has 0 saturated heterocycles. The van der Waals surface area contributed by atoms with Gasteiger partial charge in [-0.15, -0.1) is 0 Å². The van der Waals surface area contributed by atoms with Crippen molar-refractivity contribution in [3.8, 4) is 0 Å². The second-order valence-electron chi connectivity index (χ2n) is 5.78. The molecule has 0 aromatic heterocycles. The van der Waals surface area contributed by atoms with E-state index in [0.29, 0.717) is 0 Å². The molecule has 2 atom stereocenters. The first-order valence-corrected chi connectivity index (χ1v) is 7.42. The van der Waals surface area contributed by atoms with E-state index in [1.54, 1.807) is 7.11 Å². The zero-order valence-corrected chi connectivity index (χ0v) is 13.7. The molecular formula is C18H22O5. The van der Waals surface area contributed by atoms with E-state index >= 15 is 0 Å². The third-order valence-corrected chi connectivity index (χ3v) is 4.52. The van der Waals surface area contributed by atoms with E-state index in [0.717, 1.165) is 11.1 Å². The van der Waals surface area contributed by atoms with Crippen LogP contribution in [0.3, 0.4) is 0 Å². The van der Waals surface area contributed by atoms with Crippen LogP contribution in [0.1, 0.15) is 24.5 Å². The van der Waals surface area contributed by atoms with Crippen molar-refractivity contribution >= 4 is 11.9 Å². The number of esters is 2. The Morgan fingerprint density at radius 2 is 1.70 bits per heavy atom. The quantitative estimate of drug-likeness (QED) is 0.474. The average Bonchev–Trinajstić information content (AvgIpc) is 2.93. The molecule has 0 N–H and O–H groups in total. The van der Waals surface area contributed by atoms with Gasteiger partial charge in [0, 0.05) is 13.0 Å². The Morgan fingerprint density at radius 3 is 2.17 bits per heavy atom. The van der Waals surface area contributed by atoms with Gasteiger partial charge < -0.3 is 14.2 Å². The van der Waals surface area contributed by atoms with E-state index in [-0.39, 0.29) is 24.9 Å². The molecule has 0 amide bonds. The minimum atomic E-state index is -1.34. The predicted molar refractivity (Wildman–Crippen MR) is 84.5 cm³/mol. The first-order chi connectivity index (χ1) is 11.0. The molecule has 0 spiro atoms. The number of carbonyl (C=O) groups excluding carboxylic acids is 2. The van der Waals surface area contributed by atoms with Crippen molar-refractivity contribution in [1.82, 2.24) is 0 Å². The maximum Gasteiger partial charge on any atom is 0.323 e. The van der Waals surface area contributed by atoms with Gasteiger partial charge in [-0.05, 0) is 18.4 Å². The van der Waals surface area contributed by atoms with Crippen molar-refractivity contribution in [3.05, 3.63) is 48.0 Å².